The van der Waals surface area contributed by atoms with Crippen molar-refractivity contribution in [2.75, 3.05) is 0 Å². The quantitative estimate of drug-likeness (QED) is 0.0198. The van der Waals surface area contributed by atoms with Crippen molar-refractivity contribution in [2.45, 2.75) is 274 Å². The molecule has 0 aliphatic rings. The predicted octanol–water partition coefficient (Wildman–Crippen LogP) is 9.30. The number of carbonyl (C=O) groups excluding carboxylic acids is 6. The van der Waals surface area contributed by atoms with E-state index in [0.29, 0.717) is 25.7 Å². The van der Waals surface area contributed by atoms with Gasteiger partial charge in [-0.2, -0.15) is 0 Å². The number of quaternary nitrogens is 2. The second-order valence-corrected chi connectivity index (χ2v) is 18.8. The van der Waals surface area contributed by atoms with Gasteiger partial charge in [-0.3, -0.25) is 0 Å². The van der Waals surface area contributed by atoms with E-state index in [-0.39, 0.29) is 57.1 Å². The molecule has 0 radical (unpaired) electrons. The van der Waals surface area contributed by atoms with Crippen LogP contribution in [0.4, 0.5) is 0 Å². The maximum absolute atomic E-state index is 13.0. The Labute approximate surface area is 391 Å². The standard InChI is InChI=1S/2C25H47NO3.H2O5S/c2*1-5-8-11-14-17-20-23(27)26(24(28)21-18-15-12-9-6-2)25(29)22(4)19-16-13-10-7-3;1-5-6(2,3)4/h2*22H,5-21H2,1-4H3;1H,(H,2,3,4). The molecule has 378 valence electrons. The van der Waals surface area contributed by atoms with Crippen molar-refractivity contribution in [1.82, 2.24) is 0 Å². The summed E-state index contributed by atoms with van der Waals surface area (Å²) in [5, 5.41) is 8.55. The first kappa shape index (κ1) is 66.0. The van der Waals surface area contributed by atoms with Crippen LogP contribution in [0.15, 0.2) is 0 Å². The molecule has 0 aromatic heterocycles. The Hall–Kier alpha value is -2.23. The maximum Gasteiger partial charge on any atom is 0.329 e. The Kier molecular flexibility index (Phi) is 47.4. The Bertz CT molecular complexity index is 1170. The second kappa shape index (κ2) is 45.9. The molecule has 0 bridgehead atoms. The van der Waals surface area contributed by atoms with Crippen LogP contribution in [-0.2, 0) is 43.5 Å². The molecule has 0 aromatic carbocycles. The van der Waals surface area contributed by atoms with Gasteiger partial charge >= 0.3 is 35.4 Å². The van der Waals surface area contributed by atoms with Crippen molar-refractivity contribution in [3.05, 3.63) is 0 Å². The summed E-state index contributed by atoms with van der Waals surface area (Å²) < 4.78 is 28.8. The van der Waals surface area contributed by atoms with E-state index in [1.807, 2.05) is 13.8 Å². The number of nitrogens with one attached hydrogen (secondary N) is 2. The maximum atomic E-state index is 13.0. The van der Waals surface area contributed by atoms with Crippen LogP contribution in [0, 0.1) is 11.8 Å². The van der Waals surface area contributed by atoms with Crippen LogP contribution >= 0.6 is 0 Å². The van der Waals surface area contributed by atoms with E-state index in [0.717, 1.165) is 154 Å². The summed E-state index contributed by atoms with van der Waals surface area (Å²) in [6, 6.07) is 0. The number of rotatable bonds is 37. The summed E-state index contributed by atoms with van der Waals surface area (Å²) in [6.45, 7) is 16.8. The summed E-state index contributed by atoms with van der Waals surface area (Å²) in [6.07, 6.45) is 32.7. The average molecular weight is 933 g/mol. The highest BCUT2D eigenvalue weighted by atomic mass is 32.3. The lowest BCUT2D eigenvalue weighted by molar-refractivity contribution is -0.661. The lowest BCUT2D eigenvalue weighted by Crippen LogP contribution is -3.20. The summed E-state index contributed by atoms with van der Waals surface area (Å²) in [7, 11) is -4.97. The van der Waals surface area contributed by atoms with E-state index in [4.69, 9.17) is 18.2 Å². The lowest BCUT2D eigenvalue weighted by Gasteiger charge is -2.17. The molecule has 2 unspecified atom stereocenters. The fourth-order valence-corrected chi connectivity index (χ4v) is 7.43. The van der Waals surface area contributed by atoms with Gasteiger partial charge in [0.2, 0.25) is 10.4 Å². The molecule has 0 rings (SSSR count). The first-order valence-electron chi connectivity index (χ1n) is 25.8. The van der Waals surface area contributed by atoms with E-state index < -0.39 is 10.4 Å². The lowest BCUT2D eigenvalue weighted by atomic mass is 10.00. The number of carbonyl (C=O) groups is 6. The van der Waals surface area contributed by atoms with Crippen LogP contribution in [0.5, 0.6) is 0 Å². The predicted molar refractivity (Wildman–Crippen MR) is 252 cm³/mol. The van der Waals surface area contributed by atoms with Crippen molar-refractivity contribution in [2.24, 2.45) is 11.8 Å². The highest BCUT2D eigenvalue weighted by Crippen LogP contribution is 2.13. The van der Waals surface area contributed by atoms with E-state index in [1.54, 1.807) is 0 Å². The minimum atomic E-state index is -4.97. The Balaban J connectivity index is -0.00000103. The fraction of sp³-hybridized carbons (Fsp3) is 0.880. The van der Waals surface area contributed by atoms with Crippen molar-refractivity contribution in [3.63, 3.8) is 0 Å². The Morgan fingerprint density at radius 3 is 0.766 bits per heavy atom. The van der Waals surface area contributed by atoms with Crippen LogP contribution in [0.3, 0.4) is 0 Å². The molecule has 0 aliphatic heterocycles. The molecule has 0 spiro atoms. The van der Waals surface area contributed by atoms with E-state index in [2.05, 4.69) is 45.9 Å². The van der Waals surface area contributed by atoms with Gasteiger partial charge < -0.3 is 14.1 Å². The van der Waals surface area contributed by atoms with Crippen LogP contribution in [0.2, 0.25) is 0 Å². The van der Waals surface area contributed by atoms with Crippen LogP contribution in [0.1, 0.15) is 274 Å². The Morgan fingerprint density at radius 2 is 0.578 bits per heavy atom. The summed E-state index contributed by atoms with van der Waals surface area (Å²) >= 11 is 0. The zero-order chi connectivity index (χ0) is 49.0. The third kappa shape index (κ3) is 39.0. The second-order valence-electron chi connectivity index (χ2n) is 17.8. The van der Waals surface area contributed by atoms with Crippen molar-refractivity contribution >= 4 is 45.8 Å². The molecule has 0 saturated heterocycles. The van der Waals surface area contributed by atoms with Crippen LogP contribution < -0.4 is 15.1 Å². The van der Waals surface area contributed by atoms with Gasteiger partial charge in [0.25, 0.3) is 0 Å². The summed E-state index contributed by atoms with van der Waals surface area (Å²) in [4.78, 5) is 77.2. The van der Waals surface area contributed by atoms with Gasteiger partial charge in [-0.05, 0) is 52.4 Å². The molecule has 2 atom stereocenters. The molecule has 0 aliphatic carbocycles. The molecule has 2 N–H and O–H groups in total. The topological polar surface area (TPSA) is 201 Å². The first-order chi connectivity index (χ1) is 30.5. The number of hydrogen-bond donors (Lipinski definition) is 2. The monoisotopic (exact) mass is 933 g/mol. The average Bonchev–Trinajstić information content (AvgIpc) is 3.26. The van der Waals surface area contributed by atoms with Gasteiger partial charge in [-0.15, -0.1) is 9.80 Å². The molecule has 13 nitrogen and oxygen atoms in total. The van der Waals surface area contributed by atoms with Crippen molar-refractivity contribution < 1.29 is 61.1 Å². The molecule has 14 heteroatoms. The third-order valence-corrected chi connectivity index (χ3v) is 11.8. The van der Waals surface area contributed by atoms with Crippen LogP contribution in [-0.4, -0.2) is 48.4 Å². The highest BCUT2D eigenvalue weighted by Gasteiger charge is 2.38. The largest absolute Gasteiger partial charge is 0.726 e. The Morgan fingerprint density at radius 1 is 0.391 bits per heavy atom. The minimum Gasteiger partial charge on any atom is -0.726 e. The zero-order valence-electron chi connectivity index (χ0n) is 42.1. The molecule has 0 saturated carbocycles. The van der Waals surface area contributed by atoms with Gasteiger partial charge in [0.1, 0.15) is 0 Å². The molecule has 0 heterocycles. The molecular weight excluding hydrogens is 837 g/mol. The molecule has 6 amide bonds. The third-order valence-electron chi connectivity index (χ3n) is 11.6. The molecular formula is C50H96N2O11S. The van der Waals surface area contributed by atoms with Gasteiger partial charge in [-0.1, -0.05) is 196 Å². The van der Waals surface area contributed by atoms with E-state index in [9.17, 15) is 28.8 Å². The normalized spacial score (nSPS) is 12.2. The van der Waals surface area contributed by atoms with Crippen molar-refractivity contribution in [1.29, 1.82) is 0 Å². The molecule has 64 heavy (non-hydrogen) atoms. The number of imide groups is 6. The number of hydrogen-bond acceptors (Lipinski definition) is 11. The molecule has 0 fully saturated rings. The highest BCUT2D eigenvalue weighted by molar-refractivity contribution is 7.80. The van der Waals surface area contributed by atoms with Crippen molar-refractivity contribution in [3.8, 4) is 0 Å². The smallest absolute Gasteiger partial charge is 0.329 e. The van der Waals surface area contributed by atoms with Gasteiger partial charge in [0, 0.05) is 0 Å². The number of amides is 6. The SMILES string of the molecule is CCCCCCCC(=O)[NH+](C(=O)CCCCCCC)C(=O)C(C)CCCCCC.CCCCCCCC(=O)[NH+](C(=O)CCCCCCC)C(=O)C(C)CCCCCC.O=S(=O)([O-])O[O-]. The van der Waals surface area contributed by atoms with Gasteiger partial charge in [0.15, 0.2) is 0 Å². The molecule has 0 aromatic rings. The number of unbranched alkanes of at least 4 members (excludes halogenated alkanes) is 22. The first-order valence-corrected chi connectivity index (χ1v) is 27.1. The minimum absolute atomic E-state index is 0.0129. The van der Waals surface area contributed by atoms with Gasteiger partial charge in [-0.25, -0.2) is 37.2 Å². The van der Waals surface area contributed by atoms with Crippen LogP contribution in [0.25, 0.3) is 0 Å². The fourth-order valence-electron chi connectivity index (χ4n) is 7.43. The van der Waals surface area contributed by atoms with E-state index in [1.165, 1.54) is 38.5 Å². The van der Waals surface area contributed by atoms with E-state index >= 15 is 0 Å². The zero-order valence-corrected chi connectivity index (χ0v) is 42.9. The van der Waals surface area contributed by atoms with Gasteiger partial charge in [0.05, 0.1) is 37.5 Å². The summed E-state index contributed by atoms with van der Waals surface area (Å²) in [5.74, 6) is -1.66. The summed E-state index contributed by atoms with van der Waals surface area (Å²) in [5.41, 5.74) is 0.